The molecule has 152 valence electrons. The topological polar surface area (TPSA) is 64.4 Å². The molecule has 0 saturated heterocycles. The first-order valence-electron chi connectivity index (χ1n) is 9.52. The summed E-state index contributed by atoms with van der Waals surface area (Å²) in [7, 11) is 0. The summed E-state index contributed by atoms with van der Waals surface area (Å²) in [4.78, 5) is 26.3. The minimum absolute atomic E-state index is 0.0193. The van der Waals surface area contributed by atoms with E-state index >= 15 is 0 Å². The number of esters is 1. The van der Waals surface area contributed by atoms with Crippen LogP contribution < -0.4 is 0 Å². The predicted molar refractivity (Wildman–Crippen MR) is 114 cm³/mol. The summed E-state index contributed by atoms with van der Waals surface area (Å²) in [6, 6.07) is 16.8. The van der Waals surface area contributed by atoms with Gasteiger partial charge in [-0.3, -0.25) is 9.59 Å². The summed E-state index contributed by atoms with van der Waals surface area (Å²) in [6.07, 6.45) is 0.0578. The Balaban J connectivity index is 1.37. The summed E-state index contributed by atoms with van der Waals surface area (Å²) >= 11 is 6.46. The molecule has 30 heavy (non-hydrogen) atoms. The normalized spacial score (nSPS) is 12.9. The number of fused-ring (bicyclic) bond motifs is 1. The van der Waals surface area contributed by atoms with Crippen LogP contribution in [0.4, 0.5) is 0 Å². The number of aromatic nitrogens is 2. The molecule has 1 amide bonds. The van der Waals surface area contributed by atoms with Crippen molar-refractivity contribution in [3.8, 4) is 5.69 Å². The largest absolute Gasteiger partial charge is 0.461 e. The molecule has 2 heterocycles. The number of hydrogen-bond donors (Lipinski definition) is 0. The van der Waals surface area contributed by atoms with Gasteiger partial charge in [0.25, 0.3) is 5.91 Å². The fourth-order valence-electron chi connectivity index (χ4n) is 3.43. The average Bonchev–Trinajstić information content (AvgIpc) is 3.18. The molecule has 1 aliphatic heterocycles. The fourth-order valence-corrected chi connectivity index (χ4v) is 3.76. The zero-order valence-corrected chi connectivity index (χ0v) is 17.2. The number of para-hydroxylation sites is 1. The Morgan fingerprint density at radius 3 is 2.47 bits per heavy atom. The third-order valence-corrected chi connectivity index (χ3v) is 5.47. The van der Waals surface area contributed by atoms with Gasteiger partial charge in [-0.05, 0) is 25.1 Å². The number of aryl methyl sites for hydroxylation is 1. The van der Waals surface area contributed by atoms with Gasteiger partial charge in [0.2, 0.25) is 0 Å². The molecule has 0 radical (unpaired) electrons. The van der Waals surface area contributed by atoms with E-state index in [0.29, 0.717) is 27.7 Å². The Morgan fingerprint density at radius 1 is 1.10 bits per heavy atom. The van der Waals surface area contributed by atoms with E-state index in [1.54, 1.807) is 10.7 Å². The third-order valence-electron chi connectivity index (χ3n) is 5.08. The summed E-state index contributed by atoms with van der Waals surface area (Å²) < 4.78 is 7.02. The maximum absolute atomic E-state index is 12.5. The van der Waals surface area contributed by atoms with E-state index in [0.717, 1.165) is 11.3 Å². The maximum atomic E-state index is 12.5. The summed E-state index contributed by atoms with van der Waals surface area (Å²) in [5.74, 6) is -0.569. The number of benzene rings is 2. The van der Waals surface area contributed by atoms with Crippen molar-refractivity contribution in [3.05, 3.63) is 88.7 Å². The van der Waals surface area contributed by atoms with E-state index in [9.17, 15) is 9.59 Å². The molecule has 2 aromatic carbocycles. The number of halogens is 1. The lowest BCUT2D eigenvalue weighted by Crippen LogP contribution is -2.26. The maximum Gasteiger partial charge on any atom is 0.307 e. The molecular weight excluding hydrogens is 402 g/mol. The first-order valence-corrected chi connectivity index (χ1v) is 9.90. The summed E-state index contributed by atoms with van der Waals surface area (Å²) in [5, 5.41) is 4.85. The number of nitrogens with zero attached hydrogens (tertiary/aromatic N) is 3. The van der Waals surface area contributed by atoms with Crippen molar-refractivity contribution in [1.29, 1.82) is 0 Å². The minimum atomic E-state index is -0.422. The summed E-state index contributed by atoms with van der Waals surface area (Å²) in [5.41, 5.74) is 4.18. The average molecular weight is 422 g/mol. The van der Waals surface area contributed by atoms with Crippen molar-refractivity contribution in [2.75, 3.05) is 6.54 Å². The Bertz CT molecular complexity index is 1100. The van der Waals surface area contributed by atoms with Crippen molar-refractivity contribution in [3.63, 3.8) is 0 Å². The highest BCUT2D eigenvalue weighted by Gasteiger charge is 2.30. The lowest BCUT2D eigenvalue weighted by Gasteiger charge is -2.16. The molecule has 0 saturated carbocycles. The summed E-state index contributed by atoms with van der Waals surface area (Å²) in [6.45, 7) is 6.02. The van der Waals surface area contributed by atoms with Gasteiger partial charge in [-0.25, -0.2) is 4.68 Å². The highest BCUT2D eigenvalue weighted by Crippen LogP contribution is 2.31. The van der Waals surface area contributed by atoms with Crippen molar-refractivity contribution >= 4 is 29.2 Å². The van der Waals surface area contributed by atoms with Crippen LogP contribution in [0.15, 0.2) is 61.2 Å². The van der Waals surface area contributed by atoms with Gasteiger partial charge in [0.05, 0.1) is 17.8 Å². The fraction of sp³-hybridized carbons (Fsp3) is 0.174. The molecule has 0 unspecified atom stereocenters. The molecular formula is C23H20ClN3O3. The molecule has 0 fully saturated rings. The van der Waals surface area contributed by atoms with Crippen molar-refractivity contribution in [1.82, 2.24) is 14.7 Å². The predicted octanol–water partition coefficient (Wildman–Crippen LogP) is 4.39. The van der Waals surface area contributed by atoms with E-state index in [2.05, 4.69) is 11.7 Å². The Kier molecular flexibility index (Phi) is 5.42. The number of rotatable bonds is 6. The van der Waals surface area contributed by atoms with Gasteiger partial charge in [0, 0.05) is 28.9 Å². The van der Waals surface area contributed by atoms with Gasteiger partial charge >= 0.3 is 5.97 Å². The van der Waals surface area contributed by atoms with Crippen LogP contribution in [0.25, 0.3) is 11.4 Å². The van der Waals surface area contributed by atoms with Crippen LogP contribution in [0.1, 0.15) is 33.6 Å². The highest BCUT2D eigenvalue weighted by atomic mass is 35.5. The van der Waals surface area contributed by atoms with Gasteiger partial charge in [-0.2, -0.15) is 5.10 Å². The SMILES string of the molecule is C=C1c2ccccc2C(=O)N1CCC(=O)OCc1c(C)nn(-c2ccccc2)c1Cl. The monoisotopic (exact) mass is 421 g/mol. The number of hydrogen-bond acceptors (Lipinski definition) is 4. The number of ether oxygens (including phenoxy) is 1. The van der Waals surface area contributed by atoms with Crippen molar-refractivity contribution in [2.45, 2.75) is 20.0 Å². The van der Waals surface area contributed by atoms with Crippen LogP contribution in [-0.2, 0) is 16.1 Å². The molecule has 0 N–H and O–H groups in total. The molecule has 3 aromatic rings. The first kappa shape index (κ1) is 19.9. The van der Waals surface area contributed by atoms with Crippen LogP contribution >= 0.6 is 11.6 Å². The van der Waals surface area contributed by atoms with E-state index in [1.165, 1.54) is 4.90 Å². The van der Waals surface area contributed by atoms with Crippen LogP contribution in [0.2, 0.25) is 5.15 Å². The second kappa shape index (κ2) is 8.16. The third kappa shape index (κ3) is 3.62. The molecule has 0 atom stereocenters. The highest BCUT2D eigenvalue weighted by molar-refractivity contribution is 6.30. The van der Waals surface area contributed by atoms with Gasteiger partial charge in [-0.15, -0.1) is 0 Å². The minimum Gasteiger partial charge on any atom is -0.461 e. The van der Waals surface area contributed by atoms with Gasteiger partial charge in [-0.1, -0.05) is 54.6 Å². The zero-order valence-electron chi connectivity index (χ0n) is 16.5. The molecule has 0 bridgehead atoms. The molecule has 0 aliphatic carbocycles. The van der Waals surface area contributed by atoms with Crippen molar-refractivity contribution in [2.24, 2.45) is 0 Å². The standard InChI is InChI=1S/C23H20ClN3O3/c1-15-20(22(24)27(25-15)17-8-4-3-5-9-17)14-30-21(28)12-13-26-16(2)18-10-6-7-11-19(18)23(26)29/h3-11H,2,12-14H2,1H3. The molecule has 1 aromatic heterocycles. The number of carbonyl (C=O) groups excluding carboxylic acids is 2. The van der Waals surface area contributed by atoms with Crippen LogP contribution in [-0.4, -0.2) is 33.1 Å². The van der Waals surface area contributed by atoms with Crippen molar-refractivity contribution < 1.29 is 14.3 Å². The quantitative estimate of drug-likeness (QED) is 0.553. The Labute approximate surface area is 179 Å². The Hall–Kier alpha value is -3.38. The lowest BCUT2D eigenvalue weighted by molar-refractivity contribution is -0.145. The van der Waals surface area contributed by atoms with Gasteiger partial charge < -0.3 is 9.64 Å². The number of carbonyl (C=O) groups is 2. The van der Waals surface area contributed by atoms with Crippen LogP contribution in [0.5, 0.6) is 0 Å². The molecule has 0 spiro atoms. The van der Waals surface area contributed by atoms with Gasteiger partial charge in [0.15, 0.2) is 0 Å². The lowest BCUT2D eigenvalue weighted by atomic mass is 10.1. The second-order valence-corrected chi connectivity index (χ2v) is 7.32. The first-order chi connectivity index (χ1) is 14.5. The van der Waals surface area contributed by atoms with Gasteiger partial charge in [0.1, 0.15) is 11.8 Å². The molecule has 1 aliphatic rings. The molecule has 6 nitrogen and oxygen atoms in total. The van der Waals surface area contributed by atoms with E-state index in [-0.39, 0.29) is 25.5 Å². The van der Waals surface area contributed by atoms with E-state index in [4.69, 9.17) is 16.3 Å². The molecule has 7 heteroatoms. The second-order valence-electron chi connectivity index (χ2n) is 6.96. The van der Waals surface area contributed by atoms with E-state index in [1.807, 2.05) is 55.5 Å². The van der Waals surface area contributed by atoms with Crippen LogP contribution in [0.3, 0.4) is 0 Å². The van der Waals surface area contributed by atoms with Crippen LogP contribution in [0, 0.1) is 6.92 Å². The number of amides is 1. The Morgan fingerprint density at radius 2 is 1.77 bits per heavy atom. The van der Waals surface area contributed by atoms with E-state index < -0.39 is 5.97 Å². The zero-order chi connectivity index (χ0) is 21.3. The molecule has 4 rings (SSSR count). The smallest absolute Gasteiger partial charge is 0.307 e.